The summed E-state index contributed by atoms with van der Waals surface area (Å²) in [5, 5.41) is 3.76. The molecule has 152 valence electrons. The SMILES string of the molecule is CCCC(=O)Oc1ccccc1-c1nc2cc(C)ccn2c1NC1CCCCC1. The van der Waals surface area contributed by atoms with Gasteiger partial charge in [0, 0.05) is 24.2 Å². The fraction of sp³-hybridized carbons (Fsp3) is 0.417. The standard InChI is InChI=1S/C24H29N3O2/c1-3-9-22(28)29-20-13-8-7-12-19(20)23-24(25-18-10-5-4-6-11-18)27-15-14-17(2)16-21(27)26-23/h7-8,12-16,18,25H,3-6,9-11H2,1-2H3. The van der Waals surface area contributed by atoms with E-state index in [1.807, 2.05) is 31.2 Å². The molecule has 1 fully saturated rings. The van der Waals surface area contributed by atoms with Gasteiger partial charge in [-0.25, -0.2) is 4.98 Å². The van der Waals surface area contributed by atoms with Crippen molar-refractivity contribution in [3.05, 3.63) is 48.2 Å². The van der Waals surface area contributed by atoms with E-state index in [4.69, 9.17) is 9.72 Å². The van der Waals surface area contributed by atoms with E-state index in [-0.39, 0.29) is 5.97 Å². The van der Waals surface area contributed by atoms with Crippen molar-refractivity contribution in [2.45, 2.75) is 64.8 Å². The molecule has 1 saturated carbocycles. The summed E-state index contributed by atoms with van der Waals surface area (Å²) in [5.74, 6) is 1.34. The molecule has 3 aromatic rings. The first-order valence-corrected chi connectivity index (χ1v) is 10.7. The highest BCUT2D eigenvalue weighted by molar-refractivity contribution is 5.83. The monoisotopic (exact) mass is 391 g/mol. The summed E-state index contributed by atoms with van der Waals surface area (Å²) in [7, 11) is 0. The summed E-state index contributed by atoms with van der Waals surface area (Å²) in [6.45, 7) is 4.05. The Labute approximate surface area is 172 Å². The number of imidazole rings is 1. The quantitative estimate of drug-likeness (QED) is 0.429. The minimum Gasteiger partial charge on any atom is -0.426 e. The molecule has 5 heteroatoms. The molecule has 0 spiro atoms. The van der Waals surface area contributed by atoms with Crippen LogP contribution in [-0.4, -0.2) is 21.4 Å². The van der Waals surface area contributed by atoms with Crippen LogP contribution in [0.1, 0.15) is 57.4 Å². The van der Waals surface area contributed by atoms with Crippen LogP contribution >= 0.6 is 0 Å². The van der Waals surface area contributed by atoms with E-state index in [0.29, 0.717) is 18.2 Å². The summed E-state index contributed by atoms with van der Waals surface area (Å²) < 4.78 is 7.80. The molecule has 5 nitrogen and oxygen atoms in total. The third-order valence-corrected chi connectivity index (χ3v) is 5.55. The summed E-state index contributed by atoms with van der Waals surface area (Å²) >= 11 is 0. The number of anilines is 1. The van der Waals surface area contributed by atoms with Gasteiger partial charge < -0.3 is 10.1 Å². The molecule has 29 heavy (non-hydrogen) atoms. The highest BCUT2D eigenvalue weighted by Gasteiger charge is 2.22. The highest BCUT2D eigenvalue weighted by Crippen LogP contribution is 2.37. The van der Waals surface area contributed by atoms with Crippen molar-refractivity contribution in [3.8, 4) is 17.0 Å². The molecule has 1 aliphatic carbocycles. The third-order valence-electron chi connectivity index (χ3n) is 5.55. The molecular weight excluding hydrogens is 362 g/mol. The molecule has 0 bridgehead atoms. The van der Waals surface area contributed by atoms with E-state index in [2.05, 4.69) is 35.0 Å². The normalized spacial score (nSPS) is 14.8. The van der Waals surface area contributed by atoms with E-state index in [0.717, 1.165) is 29.1 Å². The molecule has 0 aliphatic heterocycles. The van der Waals surface area contributed by atoms with E-state index < -0.39 is 0 Å². The second-order valence-corrected chi connectivity index (χ2v) is 7.94. The number of aromatic nitrogens is 2. The van der Waals surface area contributed by atoms with Crippen LogP contribution in [0.2, 0.25) is 0 Å². The number of carbonyl (C=O) groups excluding carboxylic acids is 1. The first-order chi connectivity index (χ1) is 14.2. The summed E-state index contributed by atoms with van der Waals surface area (Å²) in [5.41, 5.74) is 3.74. The molecule has 2 heterocycles. The Kier molecular flexibility index (Phi) is 5.84. The number of benzene rings is 1. The molecule has 1 aromatic carbocycles. The average Bonchev–Trinajstić information content (AvgIpc) is 3.06. The van der Waals surface area contributed by atoms with Crippen molar-refractivity contribution in [2.24, 2.45) is 0 Å². The maximum atomic E-state index is 12.2. The largest absolute Gasteiger partial charge is 0.426 e. The maximum Gasteiger partial charge on any atom is 0.311 e. The first-order valence-electron chi connectivity index (χ1n) is 10.7. The zero-order chi connectivity index (χ0) is 20.2. The second-order valence-electron chi connectivity index (χ2n) is 7.94. The zero-order valence-electron chi connectivity index (χ0n) is 17.3. The Hall–Kier alpha value is -2.82. The van der Waals surface area contributed by atoms with Gasteiger partial charge in [-0.3, -0.25) is 9.20 Å². The summed E-state index contributed by atoms with van der Waals surface area (Å²) in [6, 6.07) is 12.3. The highest BCUT2D eigenvalue weighted by atomic mass is 16.5. The average molecular weight is 392 g/mol. The lowest BCUT2D eigenvalue weighted by atomic mass is 9.95. The number of para-hydroxylation sites is 1. The van der Waals surface area contributed by atoms with Crippen LogP contribution in [0.5, 0.6) is 5.75 Å². The topological polar surface area (TPSA) is 55.6 Å². The van der Waals surface area contributed by atoms with Gasteiger partial charge in [0.25, 0.3) is 0 Å². The van der Waals surface area contributed by atoms with Gasteiger partial charge >= 0.3 is 5.97 Å². The lowest BCUT2D eigenvalue weighted by molar-refractivity contribution is -0.134. The molecule has 1 N–H and O–H groups in total. The predicted molar refractivity (Wildman–Crippen MR) is 116 cm³/mol. The first kappa shape index (κ1) is 19.5. The Balaban J connectivity index is 1.78. The van der Waals surface area contributed by atoms with Gasteiger partial charge in [-0.1, -0.05) is 38.3 Å². The second kappa shape index (κ2) is 8.68. The van der Waals surface area contributed by atoms with Crippen LogP contribution in [-0.2, 0) is 4.79 Å². The summed E-state index contributed by atoms with van der Waals surface area (Å²) in [4.78, 5) is 17.1. The number of ether oxygens (including phenoxy) is 1. The zero-order valence-corrected chi connectivity index (χ0v) is 17.3. The van der Waals surface area contributed by atoms with Crippen molar-refractivity contribution in [1.82, 2.24) is 9.38 Å². The fourth-order valence-corrected chi connectivity index (χ4v) is 4.04. The Morgan fingerprint density at radius 2 is 2.00 bits per heavy atom. The van der Waals surface area contributed by atoms with Crippen molar-refractivity contribution in [1.29, 1.82) is 0 Å². The molecule has 4 rings (SSSR count). The number of pyridine rings is 1. The third kappa shape index (κ3) is 4.29. The molecule has 0 amide bonds. The molecule has 1 aliphatic rings. The molecule has 0 saturated heterocycles. The van der Waals surface area contributed by atoms with Gasteiger partial charge in [-0.05, 0) is 56.0 Å². The minimum atomic E-state index is -0.207. The molecule has 0 unspecified atom stereocenters. The Morgan fingerprint density at radius 1 is 1.21 bits per heavy atom. The van der Waals surface area contributed by atoms with Crippen LogP contribution < -0.4 is 10.1 Å². The van der Waals surface area contributed by atoms with Gasteiger partial charge in [-0.2, -0.15) is 0 Å². The lowest BCUT2D eigenvalue weighted by Crippen LogP contribution is -2.23. The molecule has 0 atom stereocenters. The van der Waals surface area contributed by atoms with Gasteiger partial charge in [0.1, 0.15) is 22.9 Å². The van der Waals surface area contributed by atoms with Crippen LogP contribution in [0.15, 0.2) is 42.6 Å². The number of fused-ring (bicyclic) bond motifs is 1. The number of rotatable bonds is 6. The number of hydrogen-bond acceptors (Lipinski definition) is 4. The Bertz CT molecular complexity index is 1000. The number of carbonyl (C=O) groups is 1. The maximum absolute atomic E-state index is 12.2. The van der Waals surface area contributed by atoms with Crippen molar-refractivity contribution >= 4 is 17.4 Å². The molecule has 2 aromatic heterocycles. The lowest BCUT2D eigenvalue weighted by Gasteiger charge is -2.24. The number of nitrogens with one attached hydrogen (secondary N) is 1. The molecule has 0 radical (unpaired) electrons. The van der Waals surface area contributed by atoms with E-state index >= 15 is 0 Å². The van der Waals surface area contributed by atoms with Crippen molar-refractivity contribution in [2.75, 3.05) is 5.32 Å². The Morgan fingerprint density at radius 3 is 2.79 bits per heavy atom. The predicted octanol–water partition coefficient (Wildman–Crippen LogP) is 5.76. The van der Waals surface area contributed by atoms with Gasteiger partial charge in [0.05, 0.1) is 0 Å². The molecular formula is C24H29N3O2. The van der Waals surface area contributed by atoms with Crippen LogP contribution in [0.25, 0.3) is 16.9 Å². The van der Waals surface area contributed by atoms with E-state index in [9.17, 15) is 4.79 Å². The number of nitrogens with zero attached hydrogens (tertiary/aromatic N) is 2. The van der Waals surface area contributed by atoms with E-state index in [1.165, 1.54) is 37.7 Å². The number of aryl methyl sites for hydroxylation is 1. The van der Waals surface area contributed by atoms with Crippen molar-refractivity contribution in [3.63, 3.8) is 0 Å². The van der Waals surface area contributed by atoms with Crippen LogP contribution in [0, 0.1) is 6.92 Å². The van der Waals surface area contributed by atoms with Gasteiger partial charge in [0.15, 0.2) is 0 Å². The van der Waals surface area contributed by atoms with E-state index in [1.54, 1.807) is 0 Å². The van der Waals surface area contributed by atoms with Crippen molar-refractivity contribution < 1.29 is 9.53 Å². The van der Waals surface area contributed by atoms with Crippen LogP contribution in [0.4, 0.5) is 5.82 Å². The number of esters is 1. The minimum absolute atomic E-state index is 0.207. The smallest absolute Gasteiger partial charge is 0.311 e. The summed E-state index contributed by atoms with van der Waals surface area (Å²) in [6.07, 6.45) is 9.42. The van der Waals surface area contributed by atoms with Gasteiger partial charge in [-0.15, -0.1) is 0 Å². The number of hydrogen-bond donors (Lipinski definition) is 1. The fourth-order valence-electron chi connectivity index (χ4n) is 4.04. The van der Waals surface area contributed by atoms with Crippen LogP contribution in [0.3, 0.4) is 0 Å². The van der Waals surface area contributed by atoms with Gasteiger partial charge in [0.2, 0.25) is 0 Å².